The lowest BCUT2D eigenvalue weighted by Crippen LogP contribution is -2.23. The molecule has 0 radical (unpaired) electrons. The molecule has 0 aromatic carbocycles. The van der Waals surface area contributed by atoms with Gasteiger partial charge >= 0.3 is 0 Å². The number of nitrogens with one attached hydrogen (secondary N) is 1. The number of hydrogen-bond acceptors (Lipinski definition) is 2. The summed E-state index contributed by atoms with van der Waals surface area (Å²) in [6, 6.07) is 4.22. The number of carbonyl (C=O) groups excluding carboxylic acids is 1. The third-order valence-corrected chi connectivity index (χ3v) is 3.05. The summed E-state index contributed by atoms with van der Waals surface area (Å²) in [5.74, 6) is -0.0361. The minimum Gasteiger partial charge on any atom is -0.345 e. The van der Waals surface area contributed by atoms with Crippen molar-refractivity contribution in [1.29, 1.82) is 0 Å². The highest BCUT2D eigenvalue weighted by atomic mass is 32.1. The summed E-state index contributed by atoms with van der Waals surface area (Å²) in [6.45, 7) is 5.89. The van der Waals surface area contributed by atoms with E-state index in [0.29, 0.717) is 0 Å². The minimum absolute atomic E-state index is 0.0361. The zero-order valence-electron chi connectivity index (χ0n) is 8.70. The minimum atomic E-state index is -0.0361. The van der Waals surface area contributed by atoms with E-state index in [9.17, 15) is 4.79 Å². The van der Waals surface area contributed by atoms with Gasteiger partial charge in [-0.1, -0.05) is 6.08 Å². The van der Waals surface area contributed by atoms with Crippen molar-refractivity contribution >= 4 is 17.2 Å². The molecule has 0 aliphatic carbocycles. The molecule has 0 saturated heterocycles. The Kier molecular flexibility index (Phi) is 3.89. The fraction of sp³-hybridized carbons (Fsp3) is 0.364. The molecule has 1 rings (SSSR count). The molecule has 0 spiro atoms. The Labute approximate surface area is 88.6 Å². The van der Waals surface area contributed by atoms with Crippen LogP contribution in [0.4, 0.5) is 0 Å². The van der Waals surface area contributed by atoms with Gasteiger partial charge in [0, 0.05) is 9.75 Å². The number of hydrogen-bond donors (Lipinski definition) is 1. The Morgan fingerprint density at radius 2 is 2.29 bits per heavy atom. The Morgan fingerprint density at radius 3 is 2.79 bits per heavy atom. The van der Waals surface area contributed by atoms with Crippen LogP contribution in [0.15, 0.2) is 24.3 Å². The summed E-state index contributed by atoms with van der Waals surface area (Å²) in [6.07, 6.45) is 3.28. The molecule has 3 heteroatoms. The highest BCUT2D eigenvalue weighted by Gasteiger charge is 2.08. The van der Waals surface area contributed by atoms with Crippen molar-refractivity contribution in [2.24, 2.45) is 0 Å². The van der Waals surface area contributed by atoms with Gasteiger partial charge in [-0.3, -0.25) is 4.79 Å². The maximum absolute atomic E-state index is 11.2. The van der Waals surface area contributed by atoms with Gasteiger partial charge in [0.25, 0.3) is 0 Å². The second kappa shape index (κ2) is 4.96. The fourth-order valence-electron chi connectivity index (χ4n) is 1.17. The number of allylic oxidation sites excluding steroid dienone is 1. The van der Waals surface area contributed by atoms with E-state index in [2.05, 4.69) is 24.4 Å². The van der Waals surface area contributed by atoms with Gasteiger partial charge in [0.2, 0.25) is 5.91 Å². The molecular formula is C11H15NOS. The Hall–Kier alpha value is -1.09. The summed E-state index contributed by atoms with van der Waals surface area (Å²) < 4.78 is 0. The van der Waals surface area contributed by atoms with Crippen LogP contribution in [0.1, 0.15) is 29.6 Å². The van der Waals surface area contributed by atoms with Gasteiger partial charge in [-0.2, -0.15) is 0 Å². The largest absolute Gasteiger partial charge is 0.345 e. The predicted octanol–water partition coefficient (Wildman–Crippen LogP) is 2.81. The van der Waals surface area contributed by atoms with Gasteiger partial charge in [0.05, 0.1) is 6.04 Å². The summed E-state index contributed by atoms with van der Waals surface area (Å²) in [5, 5.41) is 2.90. The van der Waals surface area contributed by atoms with E-state index in [-0.39, 0.29) is 11.9 Å². The van der Waals surface area contributed by atoms with Gasteiger partial charge < -0.3 is 5.32 Å². The number of amides is 1. The van der Waals surface area contributed by atoms with E-state index in [1.165, 1.54) is 15.8 Å². The zero-order valence-corrected chi connectivity index (χ0v) is 9.52. The molecule has 0 aliphatic heterocycles. The molecule has 1 amide bonds. The molecule has 0 saturated carbocycles. The quantitative estimate of drug-likeness (QED) is 0.762. The number of rotatable bonds is 3. The Bertz CT molecular complexity index is 341. The molecule has 1 aromatic rings. The molecule has 0 aliphatic rings. The van der Waals surface area contributed by atoms with Crippen LogP contribution in [-0.4, -0.2) is 5.91 Å². The zero-order chi connectivity index (χ0) is 10.6. The second-order valence-electron chi connectivity index (χ2n) is 3.18. The first-order valence-corrected chi connectivity index (χ1v) is 5.44. The number of aryl methyl sites for hydroxylation is 1. The van der Waals surface area contributed by atoms with E-state index in [0.717, 1.165) is 0 Å². The normalized spacial score (nSPS) is 13.1. The smallest absolute Gasteiger partial charge is 0.244 e. The first-order valence-electron chi connectivity index (χ1n) is 4.63. The predicted molar refractivity (Wildman–Crippen MR) is 60.4 cm³/mol. The fourth-order valence-corrected chi connectivity index (χ4v) is 2.05. The molecule has 2 nitrogen and oxygen atoms in total. The van der Waals surface area contributed by atoms with Crippen LogP contribution < -0.4 is 5.32 Å². The summed E-state index contributed by atoms with van der Waals surface area (Å²) in [7, 11) is 0. The van der Waals surface area contributed by atoms with Crippen molar-refractivity contribution in [3.8, 4) is 0 Å². The summed E-state index contributed by atoms with van der Waals surface area (Å²) in [4.78, 5) is 13.7. The molecule has 0 bridgehead atoms. The van der Waals surface area contributed by atoms with Crippen molar-refractivity contribution < 1.29 is 4.79 Å². The van der Waals surface area contributed by atoms with E-state index >= 15 is 0 Å². The standard InChI is InChI=1S/C11H15NOS/c1-4-5-11(13)12-9(3)10-7-6-8(2)14-10/h4-7,9H,1-3H3,(H,12,13)/b5-4+. The summed E-state index contributed by atoms with van der Waals surface area (Å²) in [5.41, 5.74) is 0. The SMILES string of the molecule is C/C=C/C(=O)NC(C)c1ccc(C)s1. The van der Waals surface area contributed by atoms with Crippen molar-refractivity contribution in [2.75, 3.05) is 0 Å². The van der Waals surface area contributed by atoms with Crippen molar-refractivity contribution in [2.45, 2.75) is 26.8 Å². The second-order valence-corrected chi connectivity index (χ2v) is 4.50. The average molecular weight is 209 g/mol. The maximum Gasteiger partial charge on any atom is 0.244 e. The topological polar surface area (TPSA) is 29.1 Å². The van der Waals surface area contributed by atoms with Crippen LogP contribution in [0.2, 0.25) is 0 Å². The van der Waals surface area contributed by atoms with Gasteiger partial charge in [-0.15, -0.1) is 11.3 Å². The summed E-state index contributed by atoms with van der Waals surface area (Å²) >= 11 is 1.72. The number of carbonyl (C=O) groups is 1. The molecule has 0 fully saturated rings. The molecule has 14 heavy (non-hydrogen) atoms. The van der Waals surface area contributed by atoms with E-state index in [1.54, 1.807) is 17.4 Å². The number of thiophene rings is 1. The molecule has 1 heterocycles. The van der Waals surface area contributed by atoms with E-state index < -0.39 is 0 Å². The average Bonchev–Trinajstić information content (AvgIpc) is 2.52. The van der Waals surface area contributed by atoms with Crippen molar-refractivity contribution in [1.82, 2.24) is 5.32 Å². The molecule has 1 aromatic heterocycles. The lowest BCUT2D eigenvalue weighted by Gasteiger charge is -2.09. The van der Waals surface area contributed by atoms with Crippen molar-refractivity contribution in [3.63, 3.8) is 0 Å². The highest BCUT2D eigenvalue weighted by molar-refractivity contribution is 7.12. The van der Waals surface area contributed by atoms with Crippen LogP contribution in [0.25, 0.3) is 0 Å². The lowest BCUT2D eigenvalue weighted by molar-refractivity contribution is -0.117. The van der Waals surface area contributed by atoms with Crippen LogP contribution >= 0.6 is 11.3 Å². The van der Waals surface area contributed by atoms with Gasteiger partial charge in [0.1, 0.15) is 0 Å². The van der Waals surface area contributed by atoms with Crippen LogP contribution in [0.3, 0.4) is 0 Å². The van der Waals surface area contributed by atoms with Gasteiger partial charge in [0.15, 0.2) is 0 Å². The molecule has 1 atom stereocenters. The molecular weight excluding hydrogens is 194 g/mol. The molecule has 1 unspecified atom stereocenters. The van der Waals surface area contributed by atoms with Crippen LogP contribution in [0, 0.1) is 6.92 Å². The Balaban J connectivity index is 2.58. The third-order valence-electron chi connectivity index (χ3n) is 1.86. The van der Waals surface area contributed by atoms with Gasteiger partial charge in [-0.25, -0.2) is 0 Å². The first kappa shape index (κ1) is 11.0. The monoisotopic (exact) mass is 209 g/mol. The van der Waals surface area contributed by atoms with Crippen molar-refractivity contribution in [3.05, 3.63) is 34.0 Å². The molecule has 76 valence electrons. The van der Waals surface area contributed by atoms with E-state index in [4.69, 9.17) is 0 Å². The van der Waals surface area contributed by atoms with Gasteiger partial charge in [-0.05, 0) is 39.0 Å². The third kappa shape index (κ3) is 3.00. The Morgan fingerprint density at radius 1 is 1.57 bits per heavy atom. The van der Waals surface area contributed by atoms with Crippen LogP contribution in [-0.2, 0) is 4.79 Å². The van der Waals surface area contributed by atoms with Crippen LogP contribution in [0.5, 0.6) is 0 Å². The lowest BCUT2D eigenvalue weighted by atomic mass is 10.2. The first-order chi connectivity index (χ1) is 6.63. The molecule has 1 N–H and O–H groups in total. The highest BCUT2D eigenvalue weighted by Crippen LogP contribution is 2.21. The maximum atomic E-state index is 11.2. The van der Waals surface area contributed by atoms with E-state index in [1.807, 2.05) is 13.8 Å².